The number of rotatable bonds is 8. The first-order valence-corrected chi connectivity index (χ1v) is 15.2. The van der Waals surface area contributed by atoms with E-state index in [1.165, 1.54) is 5.56 Å². The number of aryl methyl sites for hydroxylation is 1. The first-order chi connectivity index (χ1) is 21.1. The summed E-state index contributed by atoms with van der Waals surface area (Å²) in [6, 6.07) is 31.1. The Labute approximate surface area is 252 Å². The average molecular weight is 567 g/mol. The van der Waals surface area contributed by atoms with Crippen LogP contribution < -0.4 is 5.32 Å². The molecule has 5 nitrogen and oxygen atoms in total. The van der Waals surface area contributed by atoms with Gasteiger partial charge in [-0.3, -0.25) is 14.4 Å². The molecule has 4 aromatic carbocycles. The number of nitrogens with one attached hydrogen (secondary N) is 1. The molecule has 3 aliphatic rings. The highest BCUT2D eigenvalue weighted by molar-refractivity contribution is 6.16. The standard InChI is InChI=1S/C38H34N2O3/c1-2-3-5-12-25-19-21-28(22-20-25)34(41)32-33(35(42)27-14-6-4-7-15-27)40-24-23-26-13-8-9-16-29(26)36(40)38(32)30-17-10-11-18-31(30)39-37(38)43/h4,6-11,13-24,32-33,36H,2-3,5,12H2,1H3,(H,39,43)/t32-,33-,36-,38-/m1/s1. The molecule has 43 heavy (non-hydrogen) atoms. The summed E-state index contributed by atoms with van der Waals surface area (Å²) >= 11 is 0. The molecule has 1 amide bonds. The summed E-state index contributed by atoms with van der Waals surface area (Å²) in [7, 11) is 0. The summed E-state index contributed by atoms with van der Waals surface area (Å²) in [6.07, 6.45) is 8.27. The van der Waals surface area contributed by atoms with Gasteiger partial charge >= 0.3 is 0 Å². The monoisotopic (exact) mass is 566 g/mol. The Morgan fingerprint density at radius 2 is 1.49 bits per heavy atom. The summed E-state index contributed by atoms with van der Waals surface area (Å²) in [4.78, 5) is 46.0. The zero-order valence-electron chi connectivity index (χ0n) is 24.2. The summed E-state index contributed by atoms with van der Waals surface area (Å²) in [5.74, 6) is -1.57. The predicted molar refractivity (Wildman–Crippen MR) is 169 cm³/mol. The smallest absolute Gasteiger partial charge is 0.238 e. The summed E-state index contributed by atoms with van der Waals surface area (Å²) in [5.41, 5.74) is 4.27. The van der Waals surface area contributed by atoms with Crippen LogP contribution in [0.3, 0.4) is 0 Å². The summed E-state index contributed by atoms with van der Waals surface area (Å²) in [5, 5.41) is 3.11. The van der Waals surface area contributed by atoms with Crippen molar-refractivity contribution in [1.29, 1.82) is 0 Å². The van der Waals surface area contributed by atoms with Gasteiger partial charge in [0.05, 0.1) is 12.0 Å². The van der Waals surface area contributed by atoms with Crippen LogP contribution in [0.25, 0.3) is 6.08 Å². The van der Waals surface area contributed by atoms with E-state index >= 15 is 0 Å². The number of fused-ring (bicyclic) bond motifs is 6. The van der Waals surface area contributed by atoms with E-state index in [0.717, 1.165) is 42.4 Å². The highest BCUT2D eigenvalue weighted by atomic mass is 16.2. The quantitative estimate of drug-likeness (QED) is 0.178. The van der Waals surface area contributed by atoms with Crippen molar-refractivity contribution >= 4 is 29.2 Å². The molecule has 3 heterocycles. The average Bonchev–Trinajstić information content (AvgIpc) is 3.53. The SMILES string of the molecule is CCCCCc1ccc(C(=O)[C@H]2[C@H](C(=O)c3ccccc3)N3C=Cc4ccccc4[C@@H]3[C@]23C(=O)Nc2ccccc23)cc1. The Kier molecular flexibility index (Phi) is 6.81. The fraction of sp³-hybridized carbons (Fsp3) is 0.237. The number of Topliss-reactive ketones (excluding diaryl/α,β-unsaturated/α-hetero) is 2. The normalized spacial score (nSPS) is 23.0. The molecule has 5 heteroatoms. The third-order valence-corrected chi connectivity index (χ3v) is 9.49. The highest BCUT2D eigenvalue weighted by Crippen LogP contribution is 2.62. The van der Waals surface area contributed by atoms with Crippen molar-refractivity contribution in [1.82, 2.24) is 4.90 Å². The van der Waals surface area contributed by atoms with Crippen LogP contribution in [0.15, 0.2) is 109 Å². The molecule has 0 unspecified atom stereocenters. The first kappa shape index (κ1) is 27.1. The van der Waals surface area contributed by atoms with E-state index in [1.54, 1.807) is 12.1 Å². The molecular formula is C38H34N2O3. The molecule has 7 rings (SSSR count). The first-order valence-electron chi connectivity index (χ1n) is 15.2. The van der Waals surface area contributed by atoms with E-state index in [1.807, 2.05) is 108 Å². The van der Waals surface area contributed by atoms with Gasteiger partial charge in [0.1, 0.15) is 11.5 Å². The largest absolute Gasteiger partial charge is 0.358 e. The Morgan fingerprint density at radius 1 is 0.791 bits per heavy atom. The minimum absolute atomic E-state index is 0.168. The lowest BCUT2D eigenvalue weighted by molar-refractivity contribution is -0.122. The van der Waals surface area contributed by atoms with Gasteiger partial charge in [0.2, 0.25) is 5.91 Å². The van der Waals surface area contributed by atoms with Crippen LogP contribution in [0.4, 0.5) is 5.69 Å². The number of para-hydroxylation sites is 1. The molecule has 214 valence electrons. The van der Waals surface area contributed by atoms with Gasteiger partial charge in [0.25, 0.3) is 0 Å². The number of benzene rings is 4. The lowest BCUT2D eigenvalue weighted by atomic mass is 9.62. The van der Waals surface area contributed by atoms with Crippen molar-refractivity contribution in [2.75, 3.05) is 5.32 Å². The number of ketones is 2. The Hall–Kier alpha value is -4.77. The van der Waals surface area contributed by atoms with Crippen molar-refractivity contribution in [2.45, 2.75) is 50.1 Å². The number of anilines is 1. The van der Waals surface area contributed by atoms with Gasteiger partial charge in [0, 0.05) is 23.0 Å². The molecule has 3 aliphatic heterocycles. The Morgan fingerprint density at radius 3 is 2.28 bits per heavy atom. The van der Waals surface area contributed by atoms with Gasteiger partial charge < -0.3 is 10.2 Å². The van der Waals surface area contributed by atoms with Crippen LogP contribution in [-0.2, 0) is 16.6 Å². The van der Waals surface area contributed by atoms with Crippen LogP contribution in [0.5, 0.6) is 0 Å². The van der Waals surface area contributed by atoms with E-state index in [0.29, 0.717) is 16.8 Å². The number of nitrogens with zero attached hydrogens (tertiary/aromatic N) is 1. The van der Waals surface area contributed by atoms with Crippen LogP contribution in [0, 0.1) is 5.92 Å². The maximum Gasteiger partial charge on any atom is 0.238 e. The van der Waals surface area contributed by atoms with E-state index in [-0.39, 0.29) is 17.5 Å². The zero-order valence-corrected chi connectivity index (χ0v) is 24.2. The number of hydrogen-bond donors (Lipinski definition) is 1. The molecule has 1 spiro atoms. The maximum absolute atomic E-state index is 15.0. The van der Waals surface area contributed by atoms with Gasteiger partial charge in [0.15, 0.2) is 11.6 Å². The van der Waals surface area contributed by atoms with Gasteiger partial charge in [-0.15, -0.1) is 0 Å². The number of carbonyl (C=O) groups excluding carboxylic acids is 3. The third-order valence-electron chi connectivity index (χ3n) is 9.49. The number of hydrogen-bond acceptors (Lipinski definition) is 4. The fourth-order valence-electron chi connectivity index (χ4n) is 7.54. The molecule has 0 bridgehead atoms. The van der Waals surface area contributed by atoms with E-state index in [4.69, 9.17) is 0 Å². The lowest BCUT2D eigenvalue weighted by Gasteiger charge is -2.38. The van der Waals surface area contributed by atoms with Gasteiger partial charge in [-0.2, -0.15) is 0 Å². The highest BCUT2D eigenvalue weighted by Gasteiger charge is 2.70. The molecule has 0 radical (unpaired) electrons. The second-order valence-corrected chi connectivity index (χ2v) is 11.8. The van der Waals surface area contributed by atoms with Crippen molar-refractivity contribution in [2.24, 2.45) is 5.92 Å². The van der Waals surface area contributed by atoms with Crippen molar-refractivity contribution < 1.29 is 14.4 Å². The molecule has 1 N–H and O–H groups in total. The summed E-state index contributed by atoms with van der Waals surface area (Å²) < 4.78 is 0. The van der Waals surface area contributed by atoms with Gasteiger partial charge in [-0.25, -0.2) is 0 Å². The van der Waals surface area contributed by atoms with Gasteiger partial charge in [-0.1, -0.05) is 117 Å². The predicted octanol–water partition coefficient (Wildman–Crippen LogP) is 7.40. The molecule has 0 aromatic heterocycles. The molecule has 4 atom stereocenters. The fourth-order valence-corrected chi connectivity index (χ4v) is 7.54. The van der Waals surface area contributed by atoms with Crippen LogP contribution in [0.2, 0.25) is 0 Å². The Balaban J connectivity index is 1.44. The van der Waals surface area contributed by atoms with E-state index in [2.05, 4.69) is 12.2 Å². The van der Waals surface area contributed by atoms with E-state index < -0.39 is 23.4 Å². The topological polar surface area (TPSA) is 66.5 Å². The van der Waals surface area contributed by atoms with Crippen molar-refractivity contribution in [3.05, 3.63) is 143 Å². The maximum atomic E-state index is 15.0. The minimum Gasteiger partial charge on any atom is -0.358 e. The molecule has 4 aromatic rings. The Bertz CT molecular complexity index is 1740. The van der Waals surface area contributed by atoms with Crippen molar-refractivity contribution in [3.8, 4) is 0 Å². The van der Waals surface area contributed by atoms with Gasteiger partial charge in [-0.05, 0) is 47.2 Å². The van der Waals surface area contributed by atoms with Crippen LogP contribution in [-0.4, -0.2) is 28.4 Å². The second kappa shape index (κ2) is 10.8. The number of unbranched alkanes of at least 4 members (excludes halogenated alkanes) is 2. The number of amides is 1. The van der Waals surface area contributed by atoms with E-state index in [9.17, 15) is 14.4 Å². The molecule has 1 saturated heterocycles. The zero-order chi connectivity index (χ0) is 29.6. The number of carbonyl (C=O) groups is 3. The second-order valence-electron chi connectivity index (χ2n) is 11.8. The molecule has 0 saturated carbocycles. The van der Waals surface area contributed by atoms with Crippen molar-refractivity contribution in [3.63, 3.8) is 0 Å². The summed E-state index contributed by atoms with van der Waals surface area (Å²) in [6.45, 7) is 2.19. The molecular weight excluding hydrogens is 532 g/mol. The molecule has 0 aliphatic carbocycles. The lowest BCUT2D eigenvalue weighted by Crippen LogP contribution is -2.49. The van der Waals surface area contributed by atoms with Crippen LogP contribution >= 0.6 is 0 Å². The van der Waals surface area contributed by atoms with Crippen LogP contribution in [0.1, 0.15) is 75.2 Å². The molecule has 1 fully saturated rings. The third kappa shape index (κ3) is 4.17. The minimum atomic E-state index is -1.32.